The Bertz CT molecular complexity index is 356. The van der Waals surface area contributed by atoms with Crippen LogP contribution >= 0.6 is 0 Å². The number of carbonyl (C=O) groups excluding carboxylic acids is 1. The minimum atomic E-state index is -2.04. The van der Waals surface area contributed by atoms with Gasteiger partial charge in [0.2, 0.25) is 0 Å². The quantitative estimate of drug-likeness (QED) is 0.198. The number of nitrogens with zero attached hydrogens (tertiary/aromatic N) is 3. The van der Waals surface area contributed by atoms with Gasteiger partial charge in [0.25, 0.3) is 15.3 Å². The Balaban J connectivity index is 0. The smallest absolute Gasteiger partial charge is 0.550 e. The predicted octanol–water partition coefficient (Wildman–Crippen LogP) is -5.26. The van der Waals surface area contributed by atoms with Crippen molar-refractivity contribution in [3.05, 3.63) is 30.3 Å². The van der Waals surface area contributed by atoms with Gasteiger partial charge in [-0.25, -0.2) is 0 Å². The zero-order valence-electron chi connectivity index (χ0n) is 10.7. The monoisotopic (exact) mass is 337 g/mol. The molecule has 0 aromatic rings. The summed E-state index contributed by atoms with van der Waals surface area (Å²) >= 11 is 0. The third kappa shape index (κ3) is 11.1. The topological polar surface area (TPSA) is 197 Å². The summed E-state index contributed by atoms with van der Waals surface area (Å²) < 4.78 is 0. The Hall–Kier alpha value is -1.29. The summed E-state index contributed by atoms with van der Waals surface area (Å²) in [6.07, 6.45) is -1.05. The van der Waals surface area contributed by atoms with Crippen molar-refractivity contribution in [2.24, 2.45) is 5.41 Å². The van der Waals surface area contributed by atoms with Gasteiger partial charge in [0, 0.05) is 11.4 Å². The number of carboxylic acids is 1. The molecule has 0 spiro atoms. The second-order valence-electron chi connectivity index (χ2n) is 3.54. The van der Waals surface area contributed by atoms with Crippen LogP contribution in [0.15, 0.2) is 0 Å². The van der Waals surface area contributed by atoms with E-state index in [0.717, 1.165) is 0 Å². The molecular formula is C6H8KN3O11. The van der Waals surface area contributed by atoms with Crippen LogP contribution in [0.5, 0.6) is 0 Å². The summed E-state index contributed by atoms with van der Waals surface area (Å²) in [5.74, 6) is -1.78. The van der Waals surface area contributed by atoms with Crippen molar-refractivity contribution in [1.82, 2.24) is 0 Å². The van der Waals surface area contributed by atoms with E-state index in [9.17, 15) is 40.2 Å². The van der Waals surface area contributed by atoms with E-state index in [1.54, 1.807) is 0 Å². The second-order valence-corrected chi connectivity index (χ2v) is 3.54. The molecule has 0 aromatic carbocycles. The molecular weight excluding hydrogens is 329 g/mol. The summed E-state index contributed by atoms with van der Waals surface area (Å²) in [6, 6.07) is 0. The average molecular weight is 337 g/mol. The molecule has 0 atom stereocenters. The number of carboxylic acid groups (broad SMARTS) is 1. The van der Waals surface area contributed by atoms with Crippen LogP contribution in [0.2, 0.25) is 0 Å². The van der Waals surface area contributed by atoms with Crippen molar-refractivity contribution >= 4 is 5.97 Å². The first-order valence-electron chi connectivity index (χ1n) is 4.69. The van der Waals surface area contributed by atoms with Crippen molar-refractivity contribution in [2.45, 2.75) is 6.42 Å². The molecule has 0 saturated carbocycles. The zero-order valence-corrected chi connectivity index (χ0v) is 13.8. The predicted molar refractivity (Wildman–Crippen MR) is 50.9 cm³/mol. The fraction of sp³-hybridized carbons (Fsp3) is 0.833. The average Bonchev–Trinajstić information content (AvgIpc) is 2.30. The van der Waals surface area contributed by atoms with Crippen molar-refractivity contribution in [1.29, 1.82) is 0 Å². The van der Waals surface area contributed by atoms with Gasteiger partial charge in [-0.05, 0) is 6.42 Å². The first kappa shape index (κ1) is 22.0. The van der Waals surface area contributed by atoms with E-state index in [2.05, 4.69) is 14.5 Å². The van der Waals surface area contributed by atoms with Gasteiger partial charge in [0.1, 0.15) is 19.8 Å². The van der Waals surface area contributed by atoms with Crippen molar-refractivity contribution in [2.75, 3.05) is 19.8 Å². The van der Waals surface area contributed by atoms with Crippen molar-refractivity contribution < 1.29 is 91.1 Å². The zero-order chi connectivity index (χ0) is 15.8. The van der Waals surface area contributed by atoms with Gasteiger partial charge in [0.15, 0.2) is 0 Å². The summed E-state index contributed by atoms with van der Waals surface area (Å²) in [5.41, 5.74) is -2.04. The molecule has 0 rings (SSSR count). The molecule has 0 aromatic heterocycles. The Morgan fingerprint density at radius 3 is 1.33 bits per heavy atom. The molecule has 0 N–H and O–H groups in total. The van der Waals surface area contributed by atoms with Gasteiger partial charge in [0.05, 0.1) is 0 Å². The first-order valence-corrected chi connectivity index (χ1v) is 4.69. The summed E-state index contributed by atoms with van der Waals surface area (Å²) in [7, 11) is 0. The van der Waals surface area contributed by atoms with Crippen LogP contribution in [0.3, 0.4) is 0 Å². The van der Waals surface area contributed by atoms with Crippen LogP contribution in [0.4, 0.5) is 0 Å². The number of hydrogen-bond acceptors (Lipinski definition) is 11. The van der Waals surface area contributed by atoms with E-state index in [4.69, 9.17) is 0 Å². The van der Waals surface area contributed by atoms with Gasteiger partial charge in [-0.3, -0.25) is 0 Å². The largest absolute Gasteiger partial charge is 1.00 e. The maximum Gasteiger partial charge on any atom is 1.00 e. The van der Waals surface area contributed by atoms with E-state index in [1.807, 2.05) is 0 Å². The van der Waals surface area contributed by atoms with E-state index in [0.29, 0.717) is 0 Å². The molecule has 0 aliphatic carbocycles. The number of rotatable bonds is 11. The molecule has 0 fully saturated rings. The standard InChI is InChI=1S/C6H9N3O11.K/c10-5(11)1-6(2-18-7(12)13,3-19-8(14)15)4-20-9(16)17;/h1-4H2,(H,10,11);/q;+1/p-1. The second kappa shape index (κ2) is 10.4. The van der Waals surface area contributed by atoms with Crippen LogP contribution in [0.1, 0.15) is 6.42 Å². The van der Waals surface area contributed by atoms with Crippen LogP contribution in [-0.2, 0) is 19.3 Å². The minimum Gasteiger partial charge on any atom is -0.550 e. The molecule has 0 unspecified atom stereocenters. The number of aliphatic carboxylic acids is 1. The Morgan fingerprint density at radius 1 is 0.857 bits per heavy atom. The maximum absolute atomic E-state index is 10.6. The fourth-order valence-electron chi connectivity index (χ4n) is 1.15. The van der Waals surface area contributed by atoms with E-state index >= 15 is 0 Å². The van der Waals surface area contributed by atoms with Gasteiger partial charge >= 0.3 is 51.4 Å². The molecule has 114 valence electrons. The molecule has 14 nitrogen and oxygen atoms in total. The number of carbonyl (C=O) groups is 1. The van der Waals surface area contributed by atoms with Crippen LogP contribution in [0.25, 0.3) is 0 Å². The van der Waals surface area contributed by atoms with E-state index in [1.165, 1.54) is 0 Å². The Kier molecular flexibility index (Phi) is 10.9. The molecule has 21 heavy (non-hydrogen) atoms. The molecule has 15 heteroatoms. The minimum absolute atomic E-state index is 0. The fourth-order valence-corrected chi connectivity index (χ4v) is 1.15. The number of hydrogen-bond donors (Lipinski definition) is 0. The van der Waals surface area contributed by atoms with Crippen LogP contribution in [-0.4, -0.2) is 41.0 Å². The summed E-state index contributed by atoms with van der Waals surface area (Å²) in [5, 5.41) is 36.9. The first-order chi connectivity index (χ1) is 9.17. The normalized spacial score (nSPS) is 9.90. The summed E-state index contributed by atoms with van der Waals surface area (Å²) in [4.78, 5) is 52.5. The molecule has 0 amide bonds. The summed E-state index contributed by atoms with van der Waals surface area (Å²) in [6.45, 7) is -3.10. The van der Waals surface area contributed by atoms with Gasteiger partial charge in [-0.2, -0.15) is 0 Å². The molecule has 0 aliphatic heterocycles. The van der Waals surface area contributed by atoms with Gasteiger partial charge in [-0.15, -0.1) is 30.3 Å². The van der Waals surface area contributed by atoms with Crippen molar-refractivity contribution in [3.63, 3.8) is 0 Å². The van der Waals surface area contributed by atoms with E-state index < -0.39 is 52.9 Å². The van der Waals surface area contributed by atoms with Crippen LogP contribution < -0.4 is 56.5 Å². The molecule has 0 aliphatic rings. The molecule has 0 radical (unpaired) electrons. The molecule has 0 saturated heterocycles. The molecule has 0 bridgehead atoms. The third-order valence-electron chi connectivity index (χ3n) is 1.95. The Labute approximate surface area is 158 Å². The van der Waals surface area contributed by atoms with Crippen molar-refractivity contribution in [3.8, 4) is 0 Å². The third-order valence-corrected chi connectivity index (χ3v) is 1.95. The van der Waals surface area contributed by atoms with Crippen LogP contribution in [0, 0.1) is 35.8 Å². The maximum atomic E-state index is 10.6. The van der Waals surface area contributed by atoms with Gasteiger partial charge in [-0.1, -0.05) is 0 Å². The molecule has 0 heterocycles. The van der Waals surface area contributed by atoms with E-state index in [-0.39, 0.29) is 51.4 Å². The Morgan fingerprint density at radius 2 is 1.14 bits per heavy atom. The SMILES string of the molecule is O=C([O-])CC(CO[N+](=O)[O-])(CO[N+](=O)[O-])CO[N+](=O)[O-].[K+]. The van der Waals surface area contributed by atoms with Gasteiger partial charge < -0.3 is 24.4 Å².